The number of hydrogen-bond donors (Lipinski definition) is 1. The number of carbonyl (C=O) groups is 1. The van der Waals surface area contributed by atoms with Gasteiger partial charge in [-0.2, -0.15) is 0 Å². The van der Waals surface area contributed by atoms with Crippen molar-refractivity contribution in [2.75, 3.05) is 26.7 Å². The van der Waals surface area contributed by atoms with Crippen LogP contribution in [0.2, 0.25) is 0 Å². The number of benzene rings is 1. The van der Waals surface area contributed by atoms with E-state index >= 15 is 0 Å². The minimum Gasteiger partial charge on any atom is -0.317 e. The van der Waals surface area contributed by atoms with Crippen molar-refractivity contribution in [3.63, 3.8) is 0 Å². The molecule has 1 aromatic carbocycles. The number of hydrazine groups is 1. The molecule has 1 spiro atoms. The summed E-state index contributed by atoms with van der Waals surface area (Å²) in [5.74, 6) is 0.423. The molecule has 1 fully saturated rings. The first-order valence-corrected chi connectivity index (χ1v) is 8.20. The molecular formula is C18H23N3O. The van der Waals surface area contributed by atoms with Crippen molar-refractivity contribution in [2.45, 2.75) is 25.8 Å². The van der Waals surface area contributed by atoms with Gasteiger partial charge >= 0.3 is 0 Å². The zero-order valence-electron chi connectivity index (χ0n) is 13.1. The van der Waals surface area contributed by atoms with Crippen LogP contribution in [0.25, 0.3) is 0 Å². The molecule has 4 nitrogen and oxygen atoms in total. The van der Waals surface area contributed by atoms with E-state index in [1.807, 2.05) is 6.07 Å². The van der Waals surface area contributed by atoms with Crippen molar-refractivity contribution in [3.8, 4) is 0 Å². The second kappa shape index (κ2) is 5.21. The molecule has 116 valence electrons. The lowest BCUT2D eigenvalue weighted by Crippen LogP contribution is -2.43. The Balaban J connectivity index is 1.59. The van der Waals surface area contributed by atoms with Crippen molar-refractivity contribution in [1.29, 1.82) is 0 Å². The predicted molar refractivity (Wildman–Crippen MR) is 85.8 cm³/mol. The molecule has 0 bridgehead atoms. The minimum absolute atomic E-state index is 0.105. The third kappa shape index (κ3) is 2.09. The molecule has 3 aliphatic rings. The largest absolute Gasteiger partial charge is 0.317 e. The monoisotopic (exact) mass is 297 g/mol. The number of allylic oxidation sites excluding steroid dienone is 1. The number of carbonyl (C=O) groups excluding carboxylic acids is 1. The van der Waals surface area contributed by atoms with Gasteiger partial charge in [0.15, 0.2) is 5.78 Å². The Labute approximate surface area is 131 Å². The fourth-order valence-corrected chi connectivity index (χ4v) is 4.17. The normalized spacial score (nSPS) is 24.4. The van der Waals surface area contributed by atoms with Crippen LogP contribution in [0.5, 0.6) is 0 Å². The van der Waals surface area contributed by atoms with Gasteiger partial charge in [0.25, 0.3) is 0 Å². The molecule has 0 unspecified atom stereocenters. The Bertz CT molecular complexity index is 616. The third-order valence-electron chi connectivity index (χ3n) is 5.46. The third-order valence-corrected chi connectivity index (χ3v) is 5.46. The molecule has 0 radical (unpaired) electrons. The van der Waals surface area contributed by atoms with Crippen LogP contribution < -0.4 is 5.32 Å². The van der Waals surface area contributed by atoms with Crippen LogP contribution >= 0.6 is 0 Å². The van der Waals surface area contributed by atoms with Crippen LogP contribution in [0.15, 0.2) is 41.6 Å². The lowest BCUT2D eigenvalue weighted by Gasteiger charge is -2.37. The average molecular weight is 297 g/mol. The average Bonchev–Trinajstić information content (AvgIpc) is 2.97. The predicted octanol–water partition coefficient (Wildman–Crippen LogP) is 1.95. The van der Waals surface area contributed by atoms with E-state index in [-0.39, 0.29) is 5.41 Å². The van der Waals surface area contributed by atoms with E-state index in [0.717, 1.165) is 51.0 Å². The lowest BCUT2D eigenvalue weighted by molar-refractivity contribution is -0.125. The fraction of sp³-hybridized carbons (Fsp3) is 0.500. The van der Waals surface area contributed by atoms with Crippen molar-refractivity contribution < 1.29 is 4.79 Å². The van der Waals surface area contributed by atoms with Crippen molar-refractivity contribution in [1.82, 2.24) is 15.3 Å². The molecule has 4 heteroatoms. The Morgan fingerprint density at radius 1 is 1.18 bits per heavy atom. The van der Waals surface area contributed by atoms with Crippen LogP contribution in [0, 0.1) is 5.41 Å². The number of nitrogens with one attached hydrogen (secondary N) is 1. The van der Waals surface area contributed by atoms with E-state index in [0.29, 0.717) is 5.78 Å². The van der Waals surface area contributed by atoms with Gasteiger partial charge in [-0.1, -0.05) is 30.3 Å². The van der Waals surface area contributed by atoms with Gasteiger partial charge in [-0.15, -0.1) is 0 Å². The minimum atomic E-state index is -0.105. The van der Waals surface area contributed by atoms with Crippen LogP contribution in [-0.2, 0) is 11.3 Å². The zero-order valence-corrected chi connectivity index (χ0v) is 13.1. The number of rotatable bonds is 2. The lowest BCUT2D eigenvalue weighted by atomic mass is 9.75. The Morgan fingerprint density at radius 2 is 1.91 bits per heavy atom. The van der Waals surface area contributed by atoms with Gasteiger partial charge in [-0.05, 0) is 31.5 Å². The highest BCUT2D eigenvalue weighted by Crippen LogP contribution is 2.49. The van der Waals surface area contributed by atoms with Gasteiger partial charge in [-0.25, -0.2) is 5.01 Å². The van der Waals surface area contributed by atoms with E-state index in [1.54, 1.807) is 0 Å². The second-order valence-corrected chi connectivity index (χ2v) is 6.82. The van der Waals surface area contributed by atoms with E-state index in [2.05, 4.69) is 46.6 Å². The first kappa shape index (κ1) is 14.0. The molecule has 2 heterocycles. The number of hydrogen-bond acceptors (Lipinski definition) is 4. The molecule has 0 amide bonds. The first-order chi connectivity index (χ1) is 10.7. The van der Waals surface area contributed by atoms with Crippen LogP contribution in [0.3, 0.4) is 0 Å². The summed E-state index contributed by atoms with van der Waals surface area (Å²) in [4.78, 5) is 13.0. The highest BCUT2D eigenvalue weighted by Gasteiger charge is 2.51. The van der Waals surface area contributed by atoms with Gasteiger partial charge in [0.2, 0.25) is 0 Å². The van der Waals surface area contributed by atoms with E-state index < -0.39 is 0 Å². The smallest absolute Gasteiger partial charge is 0.168 e. The maximum Gasteiger partial charge on any atom is 0.168 e. The van der Waals surface area contributed by atoms with Gasteiger partial charge in [0.1, 0.15) is 0 Å². The topological polar surface area (TPSA) is 35.6 Å². The molecule has 1 aromatic rings. The zero-order chi connectivity index (χ0) is 15.2. The number of Topliss-reactive ketones (excluding diaryl/α,β-unsaturated/α-hetero) is 1. The summed E-state index contributed by atoms with van der Waals surface area (Å²) in [6, 6.07) is 10.5. The number of nitrogens with zero attached hydrogens (tertiary/aromatic N) is 2. The van der Waals surface area contributed by atoms with Crippen molar-refractivity contribution in [2.24, 2.45) is 5.41 Å². The number of likely N-dealkylation sites (N-methyl/N-ethyl adjacent to an activating group) is 1. The Hall–Kier alpha value is -1.65. The van der Waals surface area contributed by atoms with Crippen molar-refractivity contribution >= 4 is 5.78 Å². The molecule has 1 saturated heterocycles. The molecular weight excluding hydrogens is 274 g/mol. The maximum atomic E-state index is 13.0. The maximum absolute atomic E-state index is 13.0. The van der Waals surface area contributed by atoms with E-state index in [4.69, 9.17) is 0 Å². The molecule has 4 rings (SSSR count). The summed E-state index contributed by atoms with van der Waals surface area (Å²) in [6.45, 7) is 3.58. The van der Waals surface area contributed by atoms with Crippen LogP contribution in [0.4, 0.5) is 0 Å². The Morgan fingerprint density at radius 3 is 2.64 bits per heavy atom. The summed E-state index contributed by atoms with van der Waals surface area (Å²) in [7, 11) is 2.09. The standard InChI is InChI=1S/C18H23N3O/c1-20-13-15-16(21(20)12-14-5-3-2-4-6-14)11-18(17(15)22)7-9-19-10-8-18/h2-6,19H,7-13H2,1H3. The van der Waals surface area contributed by atoms with Crippen LogP contribution in [0.1, 0.15) is 24.8 Å². The quantitative estimate of drug-likeness (QED) is 0.905. The first-order valence-electron chi connectivity index (χ1n) is 8.20. The van der Waals surface area contributed by atoms with Crippen LogP contribution in [-0.4, -0.2) is 42.5 Å². The summed E-state index contributed by atoms with van der Waals surface area (Å²) in [5.41, 5.74) is 3.53. The fourth-order valence-electron chi connectivity index (χ4n) is 4.17. The molecule has 0 aromatic heterocycles. The van der Waals surface area contributed by atoms with E-state index in [9.17, 15) is 4.79 Å². The van der Waals surface area contributed by atoms with Gasteiger partial charge in [-0.3, -0.25) is 4.79 Å². The number of piperidine rings is 1. The molecule has 0 saturated carbocycles. The molecule has 0 atom stereocenters. The second-order valence-electron chi connectivity index (χ2n) is 6.82. The highest BCUT2D eigenvalue weighted by molar-refractivity contribution is 6.04. The summed E-state index contributed by atoms with van der Waals surface area (Å²) < 4.78 is 0. The highest BCUT2D eigenvalue weighted by atomic mass is 16.1. The SMILES string of the molecule is CN1CC2=C(CC3(CCNCC3)C2=O)N1Cc1ccccc1. The Kier molecular flexibility index (Phi) is 3.31. The molecule has 2 aliphatic heterocycles. The molecule has 1 N–H and O–H groups in total. The van der Waals surface area contributed by atoms with Crippen molar-refractivity contribution in [3.05, 3.63) is 47.2 Å². The summed E-state index contributed by atoms with van der Waals surface area (Å²) >= 11 is 0. The summed E-state index contributed by atoms with van der Waals surface area (Å²) in [6.07, 6.45) is 2.91. The van der Waals surface area contributed by atoms with Gasteiger partial charge in [0, 0.05) is 36.7 Å². The van der Waals surface area contributed by atoms with Gasteiger partial charge < -0.3 is 10.3 Å². The number of ketones is 1. The summed E-state index contributed by atoms with van der Waals surface area (Å²) in [5, 5.41) is 7.90. The molecule has 22 heavy (non-hydrogen) atoms. The van der Waals surface area contributed by atoms with E-state index in [1.165, 1.54) is 11.3 Å². The van der Waals surface area contributed by atoms with Gasteiger partial charge in [0.05, 0.1) is 6.54 Å². The molecule has 1 aliphatic carbocycles.